The first-order valence-electron chi connectivity index (χ1n) is 8.28. The van der Waals surface area contributed by atoms with Gasteiger partial charge in [0.15, 0.2) is 0 Å². The van der Waals surface area contributed by atoms with E-state index < -0.39 is 40.8 Å². The van der Waals surface area contributed by atoms with Gasteiger partial charge in [-0.2, -0.15) is 24.9 Å². The van der Waals surface area contributed by atoms with Crippen molar-refractivity contribution in [1.29, 1.82) is 0 Å². The molecule has 0 saturated carbocycles. The van der Waals surface area contributed by atoms with Gasteiger partial charge in [0, 0.05) is 10.7 Å². The molecule has 1 heterocycles. The molecule has 11 heteroatoms. The summed E-state index contributed by atoms with van der Waals surface area (Å²) < 4.78 is 39.1. The average molecular weight is 492 g/mol. The molecule has 0 aliphatic carbocycles. The van der Waals surface area contributed by atoms with Crippen molar-refractivity contribution in [3.05, 3.63) is 62.5 Å². The van der Waals surface area contributed by atoms with Crippen molar-refractivity contribution in [2.24, 2.45) is 0 Å². The van der Waals surface area contributed by atoms with Gasteiger partial charge in [0.2, 0.25) is 5.91 Å². The first kappa shape index (κ1) is 23.0. The number of aromatic nitrogens is 1. The molecular weight excluding hydrogens is 475 g/mol. The highest BCUT2D eigenvalue weighted by Gasteiger charge is 2.32. The number of carbonyl (C=O) groups excluding carboxylic acids is 2. The van der Waals surface area contributed by atoms with E-state index >= 15 is 0 Å². The van der Waals surface area contributed by atoms with Crippen LogP contribution in [0.3, 0.4) is 0 Å². The Morgan fingerprint density at radius 1 is 1.28 bits per heavy atom. The van der Waals surface area contributed by atoms with Crippen LogP contribution in [0.4, 0.5) is 18.9 Å². The predicted molar refractivity (Wildman–Crippen MR) is 109 cm³/mol. The summed E-state index contributed by atoms with van der Waals surface area (Å²) in [7, 11) is 0. The molecule has 0 fully saturated rings. The van der Waals surface area contributed by atoms with Crippen LogP contribution in [0, 0.1) is 0 Å². The van der Waals surface area contributed by atoms with Crippen molar-refractivity contribution in [3.63, 3.8) is 0 Å². The van der Waals surface area contributed by atoms with Crippen molar-refractivity contribution < 1.29 is 22.8 Å². The zero-order valence-corrected chi connectivity index (χ0v) is 17.5. The van der Waals surface area contributed by atoms with Crippen LogP contribution in [0.5, 0.6) is 0 Å². The minimum Gasteiger partial charge on any atom is -0.340 e. The maximum Gasteiger partial charge on any atom is 0.417 e. The van der Waals surface area contributed by atoms with E-state index in [-0.39, 0.29) is 6.42 Å². The van der Waals surface area contributed by atoms with E-state index in [9.17, 15) is 27.6 Å². The van der Waals surface area contributed by atoms with Gasteiger partial charge in [0.05, 0.1) is 11.1 Å². The lowest BCUT2D eigenvalue weighted by Crippen LogP contribution is -2.45. The Balaban J connectivity index is 2.22. The van der Waals surface area contributed by atoms with Crippen molar-refractivity contribution in [3.8, 4) is 0 Å². The van der Waals surface area contributed by atoms with Crippen LogP contribution < -0.4 is 16.2 Å². The molecule has 2 aromatic rings. The zero-order valence-electron chi connectivity index (χ0n) is 15.1. The lowest BCUT2D eigenvalue weighted by Gasteiger charge is -2.19. The van der Waals surface area contributed by atoms with Crippen LogP contribution in [-0.2, 0) is 11.0 Å². The van der Waals surface area contributed by atoms with Crippen molar-refractivity contribution in [2.45, 2.75) is 18.6 Å². The Labute approximate surface area is 176 Å². The molecule has 0 saturated heterocycles. The van der Waals surface area contributed by atoms with E-state index in [0.717, 1.165) is 0 Å². The normalized spacial score (nSPS) is 12.3. The van der Waals surface area contributed by atoms with Gasteiger partial charge < -0.3 is 15.6 Å². The first-order chi connectivity index (χ1) is 13.6. The summed E-state index contributed by atoms with van der Waals surface area (Å²) in [6, 6.07) is 6.10. The molecule has 0 spiro atoms. The summed E-state index contributed by atoms with van der Waals surface area (Å²) in [5.74, 6) is -0.811. The van der Waals surface area contributed by atoms with Crippen LogP contribution in [0.2, 0.25) is 0 Å². The first-order valence-corrected chi connectivity index (χ1v) is 10.5. The maximum absolute atomic E-state index is 12.9. The largest absolute Gasteiger partial charge is 0.417 e. The Morgan fingerprint density at radius 3 is 2.59 bits per heavy atom. The van der Waals surface area contributed by atoms with E-state index in [1.807, 2.05) is 11.2 Å². The number of pyridine rings is 1. The smallest absolute Gasteiger partial charge is 0.340 e. The fraction of sp³-hybridized carbons (Fsp3) is 0.278. The van der Waals surface area contributed by atoms with Crippen LogP contribution in [0.25, 0.3) is 0 Å². The summed E-state index contributed by atoms with van der Waals surface area (Å²) in [6.07, 6.45) is -2.13. The number of nitrogens with one attached hydrogen (secondary N) is 3. The molecule has 1 unspecified atom stereocenters. The quantitative estimate of drug-likeness (QED) is 0.551. The van der Waals surface area contributed by atoms with E-state index in [2.05, 4.69) is 26.6 Å². The number of H-pyrrole nitrogens is 1. The topological polar surface area (TPSA) is 91.1 Å². The number of rotatable bonds is 7. The zero-order chi connectivity index (χ0) is 21.6. The van der Waals surface area contributed by atoms with E-state index in [4.69, 9.17) is 0 Å². The highest BCUT2D eigenvalue weighted by atomic mass is 79.9. The molecule has 1 aromatic carbocycles. The van der Waals surface area contributed by atoms with Gasteiger partial charge in [-0.25, -0.2) is 0 Å². The molecule has 156 valence electrons. The highest BCUT2D eigenvalue weighted by Crippen LogP contribution is 2.29. The number of hydrogen-bond acceptors (Lipinski definition) is 4. The number of alkyl halides is 3. The number of hydrogen-bond donors (Lipinski definition) is 3. The van der Waals surface area contributed by atoms with Crippen LogP contribution >= 0.6 is 27.7 Å². The molecule has 0 aliphatic heterocycles. The summed E-state index contributed by atoms with van der Waals surface area (Å²) in [5, 5.41) is 4.75. The molecule has 3 N–H and O–H groups in total. The second-order valence-electron chi connectivity index (χ2n) is 5.91. The van der Waals surface area contributed by atoms with Crippen LogP contribution in [0.15, 0.2) is 45.8 Å². The number of halogens is 4. The third kappa shape index (κ3) is 6.36. The van der Waals surface area contributed by atoms with E-state index in [0.29, 0.717) is 28.1 Å². The SMILES string of the molecule is CSCCC(NC(=O)c1ccccc1Br)C(=O)Nc1cc(C(F)(F)F)c[nH]c1=O. The minimum absolute atomic E-state index is 0.222. The van der Waals surface area contributed by atoms with Crippen LogP contribution in [-0.4, -0.2) is 34.8 Å². The molecular formula is C18H17BrF3N3O3S. The average Bonchev–Trinajstić information content (AvgIpc) is 2.66. The molecule has 0 aliphatic rings. The number of thioether (sulfide) groups is 1. The summed E-state index contributed by atoms with van der Waals surface area (Å²) in [5.41, 5.74) is -2.24. The fourth-order valence-electron chi connectivity index (χ4n) is 2.35. The number of carbonyl (C=O) groups is 2. The molecule has 0 radical (unpaired) electrons. The highest BCUT2D eigenvalue weighted by molar-refractivity contribution is 9.10. The minimum atomic E-state index is -4.68. The predicted octanol–water partition coefficient (Wildman–Crippen LogP) is 3.65. The van der Waals surface area contributed by atoms with Gasteiger partial charge in [-0.15, -0.1) is 0 Å². The molecule has 1 aromatic heterocycles. The van der Waals surface area contributed by atoms with Gasteiger partial charge in [-0.05, 0) is 52.6 Å². The van der Waals surface area contributed by atoms with E-state index in [1.54, 1.807) is 24.3 Å². The van der Waals surface area contributed by atoms with Crippen molar-refractivity contribution in [2.75, 3.05) is 17.3 Å². The fourth-order valence-corrected chi connectivity index (χ4v) is 3.28. The van der Waals surface area contributed by atoms with Crippen molar-refractivity contribution >= 4 is 45.2 Å². The summed E-state index contributed by atoms with van der Waals surface area (Å²) in [6.45, 7) is 0. The van der Waals surface area contributed by atoms with Gasteiger partial charge >= 0.3 is 6.18 Å². The molecule has 29 heavy (non-hydrogen) atoms. The lowest BCUT2D eigenvalue weighted by atomic mass is 10.1. The van der Waals surface area contributed by atoms with Gasteiger partial charge in [-0.3, -0.25) is 14.4 Å². The standard InChI is InChI=1S/C18H17BrF3N3O3S/c1-29-7-6-13(24-15(26)11-4-2-3-5-12(11)19)17(28)25-14-8-10(18(20,21)22)9-23-16(14)27/h2-5,8-9,13H,6-7H2,1H3,(H,23,27)(H,24,26)(H,25,28). The van der Waals surface area contributed by atoms with Crippen LogP contribution in [0.1, 0.15) is 22.3 Å². The third-order valence-corrected chi connectivity index (χ3v) is 5.17. The monoisotopic (exact) mass is 491 g/mol. The van der Waals surface area contributed by atoms with Crippen molar-refractivity contribution in [1.82, 2.24) is 10.3 Å². The number of benzene rings is 1. The van der Waals surface area contributed by atoms with Gasteiger partial charge in [0.1, 0.15) is 11.7 Å². The van der Waals surface area contributed by atoms with Gasteiger partial charge in [0.25, 0.3) is 11.5 Å². The summed E-state index contributed by atoms with van der Waals surface area (Å²) in [4.78, 5) is 38.9. The van der Waals surface area contributed by atoms with E-state index in [1.165, 1.54) is 11.8 Å². The molecule has 2 rings (SSSR count). The Bertz CT molecular complexity index is 950. The lowest BCUT2D eigenvalue weighted by molar-refractivity contribution is -0.137. The molecule has 2 amide bonds. The number of amides is 2. The maximum atomic E-state index is 12.9. The van der Waals surface area contributed by atoms with Gasteiger partial charge in [-0.1, -0.05) is 12.1 Å². The number of anilines is 1. The molecule has 1 atom stereocenters. The summed E-state index contributed by atoms with van der Waals surface area (Å²) >= 11 is 4.68. The third-order valence-electron chi connectivity index (χ3n) is 3.84. The molecule has 0 bridgehead atoms. The Hall–Kier alpha value is -2.27. The Kier molecular flexibility index (Phi) is 7.91. The second-order valence-corrected chi connectivity index (χ2v) is 7.75. The second kappa shape index (κ2) is 9.97. The molecule has 6 nitrogen and oxygen atoms in total. The Morgan fingerprint density at radius 2 is 1.97 bits per heavy atom. The number of aromatic amines is 1.